The molecule has 17 heavy (non-hydrogen) atoms. The van der Waals surface area contributed by atoms with Crippen molar-refractivity contribution in [3.63, 3.8) is 0 Å². The number of aryl methyl sites for hydroxylation is 1. The summed E-state index contributed by atoms with van der Waals surface area (Å²) in [7, 11) is 1.52. The zero-order chi connectivity index (χ0) is 12.8. The molecule has 0 aliphatic heterocycles. The van der Waals surface area contributed by atoms with Gasteiger partial charge < -0.3 is 19.7 Å². The van der Waals surface area contributed by atoms with Crippen LogP contribution in [0.15, 0.2) is 18.2 Å². The predicted octanol–water partition coefficient (Wildman–Crippen LogP) is 1.43. The quantitative estimate of drug-likeness (QED) is 0.790. The first kappa shape index (κ1) is 14.0. The molecule has 0 radical (unpaired) electrons. The molecule has 0 aliphatic rings. The van der Waals surface area contributed by atoms with Gasteiger partial charge in [-0.15, -0.1) is 0 Å². The Kier molecular flexibility index (Phi) is 5.41. The summed E-state index contributed by atoms with van der Waals surface area (Å²) in [4.78, 5) is 0. The van der Waals surface area contributed by atoms with Crippen molar-refractivity contribution in [3.8, 4) is 5.75 Å². The highest BCUT2D eigenvalue weighted by Crippen LogP contribution is 2.26. The Labute approximate surface area is 102 Å². The van der Waals surface area contributed by atoms with E-state index in [1.807, 2.05) is 19.1 Å². The predicted molar refractivity (Wildman–Crippen MR) is 65.2 cm³/mol. The lowest BCUT2D eigenvalue weighted by Gasteiger charge is -2.16. The van der Waals surface area contributed by atoms with E-state index in [1.165, 1.54) is 7.11 Å². The number of methoxy groups -OCH3 is 1. The van der Waals surface area contributed by atoms with E-state index < -0.39 is 12.2 Å². The van der Waals surface area contributed by atoms with Gasteiger partial charge in [0.25, 0.3) is 0 Å². The first-order chi connectivity index (χ1) is 8.04. The van der Waals surface area contributed by atoms with Crippen LogP contribution < -0.4 is 4.74 Å². The van der Waals surface area contributed by atoms with E-state index in [9.17, 15) is 10.2 Å². The minimum atomic E-state index is -0.664. The van der Waals surface area contributed by atoms with Gasteiger partial charge >= 0.3 is 0 Å². The van der Waals surface area contributed by atoms with Crippen LogP contribution in [0.5, 0.6) is 5.75 Å². The second-order valence-electron chi connectivity index (χ2n) is 4.14. The van der Waals surface area contributed by atoms with E-state index >= 15 is 0 Å². The molecule has 0 amide bonds. The smallest absolute Gasteiger partial charge is 0.125 e. The summed E-state index contributed by atoms with van der Waals surface area (Å²) in [6.45, 7) is 4.02. The van der Waals surface area contributed by atoms with Gasteiger partial charge in [-0.3, -0.25) is 0 Å². The molecule has 4 nitrogen and oxygen atoms in total. The molecule has 0 bridgehead atoms. The van der Waals surface area contributed by atoms with E-state index in [0.717, 1.165) is 11.1 Å². The van der Waals surface area contributed by atoms with Crippen molar-refractivity contribution in [3.05, 3.63) is 29.3 Å². The van der Waals surface area contributed by atoms with Gasteiger partial charge in [0.2, 0.25) is 0 Å². The highest BCUT2D eigenvalue weighted by Gasteiger charge is 2.11. The van der Waals surface area contributed by atoms with Crippen molar-refractivity contribution in [2.45, 2.75) is 26.1 Å². The minimum Gasteiger partial charge on any atom is -0.490 e. The van der Waals surface area contributed by atoms with Gasteiger partial charge in [0.15, 0.2) is 0 Å². The average Bonchev–Trinajstić information content (AvgIpc) is 2.27. The number of ether oxygens (including phenoxy) is 2. The highest BCUT2D eigenvalue weighted by atomic mass is 16.5. The fraction of sp³-hybridized carbons (Fsp3) is 0.538. The summed E-state index contributed by atoms with van der Waals surface area (Å²) in [6.07, 6.45) is -1.26. The number of hydrogen-bond acceptors (Lipinski definition) is 4. The molecule has 0 spiro atoms. The Morgan fingerprint density at radius 2 is 1.94 bits per heavy atom. The third-order valence-electron chi connectivity index (χ3n) is 2.41. The molecular formula is C13H20O4. The van der Waals surface area contributed by atoms with Crippen LogP contribution in [0.1, 0.15) is 24.2 Å². The zero-order valence-electron chi connectivity index (χ0n) is 10.5. The van der Waals surface area contributed by atoms with Gasteiger partial charge in [0, 0.05) is 12.7 Å². The lowest BCUT2D eigenvalue weighted by molar-refractivity contribution is 0.0316. The molecule has 1 rings (SSSR count). The maximum atomic E-state index is 9.63. The number of benzene rings is 1. The van der Waals surface area contributed by atoms with Crippen LogP contribution >= 0.6 is 0 Å². The summed E-state index contributed by atoms with van der Waals surface area (Å²) in [5.74, 6) is 0.598. The third-order valence-corrected chi connectivity index (χ3v) is 2.41. The fourth-order valence-corrected chi connectivity index (χ4v) is 1.55. The average molecular weight is 240 g/mol. The summed E-state index contributed by atoms with van der Waals surface area (Å²) < 4.78 is 10.3. The summed E-state index contributed by atoms with van der Waals surface area (Å²) in [5.41, 5.74) is 1.79. The molecule has 0 fully saturated rings. The van der Waals surface area contributed by atoms with Crippen molar-refractivity contribution in [1.82, 2.24) is 0 Å². The number of rotatable bonds is 6. The van der Waals surface area contributed by atoms with Gasteiger partial charge in [0.05, 0.1) is 12.7 Å². The van der Waals surface area contributed by atoms with E-state index in [-0.39, 0.29) is 13.2 Å². The number of aliphatic hydroxyl groups is 2. The van der Waals surface area contributed by atoms with Crippen molar-refractivity contribution < 1.29 is 19.7 Å². The van der Waals surface area contributed by atoms with Crippen molar-refractivity contribution in [2.75, 3.05) is 20.3 Å². The van der Waals surface area contributed by atoms with Crippen molar-refractivity contribution >= 4 is 0 Å². The second kappa shape index (κ2) is 6.59. The summed E-state index contributed by atoms with van der Waals surface area (Å²) in [6, 6.07) is 5.59. The fourth-order valence-electron chi connectivity index (χ4n) is 1.55. The van der Waals surface area contributed by atoms with Gasteiger partial charge in [-0.1, -0.05) is 11.6 Å². The van der Waals surface area contributed by atoms with Gasteiger partial charge in [-0.2, -0.15) is 0 Å². The topological polar surface area (TPSA) is 58.9 Å². The van der Waals surface area contributed by atoms with Crippen LogP contribution in [0.4, 0.5) is 0 Å². The molecule has 0 saturated heterocycles. The van der Waals surface area contributed by atoms with E-state index in [2.05, 4.69) is 0 Å². The van der Waals surface area contributed by atoms with Crippen molar-refractivity contribution in [2.24, 2.45) is 0 Å². The zero-order valence-corrected chi connectivity index (χ0v) is 10.5. The monoisotopic (exact) mass is 240 g/mol. The van der Waals surface area contributed by atoms with Crippen LogP contribution in [0.3, 0.4) is 0 Å². The summed E-state index contributed by atoms with van der Waals surface area (Å²) in [5, 5.41) is 19.1. The Bertz CT molecular complexity index is 349. The largest absolute Gasteiger partial charge is 0.490 e. The molecule has 2 unspecified atom stereocenters. The lowest BCUT2D eigenvalue weighted by atomic mass is 10.1. The standard InChI is InChI=1S/C13H20O4/c1-9-4-5-13(12(6-9)10(2)14)17-8-11(15)7-16-3/h4-6,10-11,14-15H,7-8H2,1-3H3. The first-order valence-corrected chi connectivity index (χ1v) is 5.63. The maximum absolute atomic E-state index is 9.63. The molecule has 2 N–H and O–H groups in total. The van der Waals surface area contributed by atoms with E-state index in [4.69, 9.17) is 9.47 Å². The molecule has 4 heteroatoms. The van der Waals surface area contributed by atoms with Gasteiger partial charge in [-0.05, 0) is 26.0 Å². The van der Waals surface area contributed by atoms with Gasteiger partial charge in [-0.25, -0.2) is 0 Å². The van der Waals surface area contributed by atoms with Crippen LogP contribution in [-0.2, 0) is 4.74 Å². The molecule has 0 aliphatic carbocycles. The van der Waals surface area contributed by atoms with E-state index in [0.29, 0.717) is 5.75 Å². The second-order valence-corrected chi connectivity index (χ2v) is 4.14. The van der Waals surface area contributed by atoms with Crippen LogP contribution in [0.25, 0.3) is 0 Å². The SMILES string of the molecule is COCC(O)COc1ccc(C)cc1C(C)O. The molecule has 1 aromatic rings. The van der Waals surface area contributed by atoms with Crippen LogP contribution in [-0.4, -0.2) is 36.6 Å². The molecule has 2 atom stereocenters. The molecule has 0 aromatic heterocycles. The Morgan fingerprint density at radius 3 is 2.53 bits per heavy atom. The third kappa shape index (κ3) is 4.34. The number of hydrogen-bond donors (Lipinski definition) is 2. The maximum Gasteiger partial charge on any atom is 0.125 e. The Balaban J connectivity index is 2.70. The normalized spacial score (nSPS) is 14.4. The van der Waals surface area contributed by atoms with Crippen LogP contribution in [0, 0.1) is 6.92 Å². The number of aliphatic hydroxyl groups excluding tert-OH is 2. The van der Waals surface area contributed by atoms with E-state index in [1.54, 1.807) is 13.0 Å². The van der Waals surface area contributed by atoms with Gasteiger partial charge in [0.1, 0.15) is 18.5 Å². The molecular weight excluding hydrogens is 220 g/mol. The Morgan fingerprint density at radius 1 is 1.24 bits per heavy atom. The first-order valence-electron chi connectivity index (χ1n) is 5.63. The molecule has 0 saturated carbocycles. The highest BCUT2D eigenvalue weighted by molar-refractivity contribution is 5.38. The lowest BCUT2D eigenvalue weighted by Crippen LogP contribution is -2.23. The molecule has 0 heterocycles. The molecule has 96 valence electrons. The van der Waals surface area contributed by atoms with Crippen LogP contribution in [0.2, 0.25) is 0 Å². The molecule has 1 aromatic carbocycles. The minimum absolute atomic E-state index is 0.149. The summed E-state index contributed by atoms with van der Waals surface area (Å²) >= 11 is 0. The Hall–Kier alpha value is -1.10. The van der Waals surface area contributed by atoms with Crippen molar-refractivity contribution in [1.29, 1.82) is 0 Å².